The van der Waals surface area contributed by atoms with Crippen LogP contribution in [0.2, 0.25) is 0 Å². The summed E-state index contributed by atoms with van der Waals surface area (Å²) in [4.78, 5) is 13.6. The molecule has 140 valence electrons. The van der Waals surface area contributed by atoms with Gasteiger partial charge in [0.1, 0.15) is 18.8 Å². The number of amides is 1. The molecule has 1 amide bonds. The Morgan fingerprint density at radius 3 is 2.26 bits per heavy atom. The number of ether oxygens (including phenoxy) is 1. The van der Waals surface area contributed by atoms with Crippen LogP contribution in [0, 0.1) is 0 Å². The number of hydrogen-bond acceptors (Lipinski definition) is 2. The van der Waals surface area contributed by atoms with Crippen molar-refractivity contribution in [3.8, 4) is 5.75 Å². The normalized spacial score (nSPS) is 11.4. The number of hydrogen-bond donors (Lipinski definition) is 0. The number of quaternary nitrogens is 1. The summed E-state index contributed by atoms with van der Waals surface area (Å²) >= 11 is 0. The van der Waals surface area contributed by atoms with Crippen molar-refractivity contribution < 1.29 is 14.0 Å². The number of fused-ring (bicyclic) bond motifs is 1. The third kappa shape index (κ3) is 4.66. The molecule has 0 spiro atoms. The van der Waals surface area contributed by atoms with E-state index in [0.29, 0.717) is 5.75 Å². The predicted molar refractivity (Wildman–Crippen MR) is 110 cm³/mol. The summed E-state index contributed by atoms with van der Waals surface area (Å²) in [6.45, 7) is 1.65. The van der Waals surface area contributed by atoms with E-state index in [0.717, 1.165) is 33.9 Å². The molecule has 0 N–H and O–H groups in total. The van der Waals surface area contributed by atoms with Gasteiger partial charge in [0.2, 0.25) is 0 Å². The van der Waals surface area contributed by atoms with Gasteiger partial charge in [-0.3, -0.25) is 0 Å². The SMILES string of the molecule is CN(C)C(=O)Oc1ccc2ccccc2c1C[N+](C)(C)Cc1ccccc1. The van der Waals surface area contributed by atoms with Gasteiger partial charge in [-0.2, -0.15) is 0 Å². The second-order valence-corrected chi connectivity index (χ2v) is 7.76. The average Bonchev–Trinajstić information content (AvgIpc) is 2.63. The Balaban J connectivity index is 1.98. The van der Waals surface area contributed by atoms with Crippen LogP contribution in [0.15, 0.2) is 66.7 Å². The first-order valence-electron chi connectivity index (χ1n) is 9.11. The molecule has 0 radical (unpaired) electrons. The number of rotatable bonds is 5. The Kier molecular flexibility index (Phi) is 5.47. The number of carbonyl (C=O) groups excluding carboxylic acids is 1. The molecule has 0 unspecified atom stereocenters. The zero-order valence-electron chi connectivity index (χ0n) is 16.5. The van der Waals surface area contributed by atoms with Gasteiger partial charge in [-0.15, -0.1) is 0 Å². The lowest BCUT2D eigenvalue weighted by Gasteiger charge is -2.31. The molecule has 0 aromatic heterocycles. The van der Waals surface area contributed by atoms with Gasteiger partial charge in [-0.1, -0.05) is 60.7 Å². The fourth-order valence-corrected chi connectivity index (χ4v) is 3.32. The van der Waals surface area contributed by atoms with Crippen LogP contribution in [0.5, 0.6) is 5.75 Å². The fourth-order valence-electron chi connectivity index (χ4n) is 3.32. The Hall–Kier alpha value is -2.85. The summed E-state index contributed by atoms with van der Waals surface area (Å²) in [6, 6.07) is 22.6. The highest BCUT2D eigenvalue weighted by atomic mass is 16.6. The lowest BCUT2D eigenvalue weighted by molar-refractivity contribution is -0.916. The Bertz CT molecular complexity index is 934. The second-order valence-electron chi connectivity index (χ2n) is 7.76. The fraction of sp³-hybridized carbons (Fsp3) is 0.261. The van der Waals surface area contributed by atoms with Crippen molar-refractivity contribution in [3.63, 3.8) is 0 Å². The third-order valence-corrected chi connectivity index (χ3v) is 4.60. The minimum atomic E-state index is -0.361. The van der Waals surface area contributed by atoms with Crippen molar-refractivity contribution in [3.05, 3.63) is 77.9 Å². The summed E-state index contributed by atoms with van der Waals surface area (Å²) in [7, 11) is 7.79. The van der Waals surface area contributed by atoms with E-state index >= 15 is 0 Å². The minimum absolute atomic E-state index is 0.361. The molecule has 0 aliphatic carbocycles. The number of benzene rings is 3. The van der Waals surface area contributed by atoms with Gasteiger partial charge in [0.25, 0.3) is 0 Å². The molecular weight excluding hydrogens is 336 g/mol. The van der Waals surface area contributed by atoms with E-state index in [1.54, 1.807) is 14.1 Å². The van der Waals surface area contributed by atoms with Crippen molar-refractivity contribution in [2.24, 2.45) is 0 Å². The smallest absolute Gasteiger partial charge is 0.410 e. The molecule has 0 saturated carbocycles. The highest BCUT2D eigenvalue weighted by molar-refractivity contribution is 5.88. The molecule has 0 saturated heterocycles. The molecule has 3 aromatic rings. The maximum absolute atomic E-state index is 12.2. The van der Waals surface area contributed by atoms with Crippen molar-refractivity contribution in [2.75, 3.05) is 28.2 Å². The van der Waals surface area contributed by atoms with Crippen LogP contribution in [0.25, 0.3) is 10.8 Å². The van der Waals surface area contributed by atoms with E-state index in [2.05, 4.69) is 50.5 Å². The van der Waals surface area contributed by atoms with E-state index in [9.17, 15) is 4.79 Å². The van der Waals surface area contributed by atoms with Gasteiger partial charge in [-0.05, 0) is 16.8 Å². The molecule has 4 heteroatoms. The average molecular weight is 363 g/mol. The van der Waals surface area contributed by atoms with E-state index in [1.165, 1.54) is 10.5 Å². The van der Waals surface area contributed by atoms with Gasteiger partial charge in [0.15, 0.2) is 0 Å². The van der Waals surface area contributed by atoms with Crippen LogP contribution in [0.4, 0.5) is 4.79 Å². The van der Waals surface area contributed by atoms with Crippen molar-refractivity contribution in [1.82, 2.24) is 4.90 Å². The summed E-state index contributed by atoms with van der Waals surface area (Å²) in [5, 5.41) is 2.28. The molecule has 0 fully saturated rings. The van der Waals surface area contributed by atoms with E-state index in [1.807, 2.05) is 30.3 Å². The van der Waals surface area contributed by atoms with Crippen molar-refractivity contribution in [2.45, 2.75) is 13.1 Å². The monoisotopic (exact) mass is 363 g/mol. The molecule has 3 rings (SSSR count). The largest absolute Gasteiger partial charge is 0.414 e. The molecular formula is C23H27N2O2+. The standard InChI is InChI=1S/C23H27N2O2/c1-24(2)23(26)27-22-15-14-19-12-8-9-13-20(19)21(22)17-25(3,4)16-18-10-6-5-7-11-18/h5-15H,16-17H2,1-4H3/q+1. The zero-order valence-corrected chi connectivity index (χ0v) is 16.5. The topological polar surface area (TPSA) is 29.5 Å². The highest BCUT2D eigenvalue weighted by Crippen LogP contribution is 2.31. The molecule has 3 aromatic carbocycles. The summed E-state index contributed by atoms with van der Waals surface area (Å²) in [5.41, 5.74) is 2.35. The molecule has 0 aliphatic rings. The van der Waals surface area contributed by atoms with Crippen LogP contribution in [0.3, 0.4) is 0 Å². The predicted octanol–water partition coefficient (Wildman–Crippen LogP) is 4.68. The quantitative estimate of drug-likeness (QED) is 0.616. The van der Waals surface area contributed by atoms with Crippen LogP contribution in [-0.4, -0.2) is 43.7 Å². The van der Waals surface area contributed by atoms with E-state index in [4.69, 9.17) is 4.74 Å². The lowest BCUT2D eigenvalue weighted by Crippen LogP contribution is -2.38. The van der Waals surface area contributed by atoms with Gasteiger partial charge in [0.05, 0.1) is 19.7 Å². The first-order chi connectivity index (χ1) is 12.9. The number of nitrogens with zero attached hydrogens (tertiary/aromatic N) is 2. The van der Waals surface area contributed by atoms with Crippen molar-refractivity contribution >= 4 is 16.9 Å². The van der Waals surface area contributed by atoms with Gasteiger partial charge >= 0.3 is 6.09 Å². The highest BCUT2D eigenvalue weighted by Gasteiger charge is 2.23. The zero-order chi connectivity index (χ0) is 19.4. The van der Waals surface area contributed by atoms with Crippen LogP contribution >= 0.6 is 0 Å². The van der Waals surface area contributed by atoms with Crippen LogP contribution in [-0.2, 0) is 13.1 Å². The third-order valence-electron chi connectivity index (χ3n) is 4.60. The molecule has 27 heavy (non-hydrogen) atoms. The Morgan fingerprint density at radius 1 is 0.889 bits per heavy atom. The molecule has 0 heterocycles. The van der Waals surface area contributed by atoms with Gasteiger partial charge in [0, 0.05) is 19.7 Å². The first-order valence-corrected chi connectivity index (χ1v) is 9.11. The Labute approximate surface area is 161 Å². The molecule has 4 nitrogen and oxygen atoms in total. The molecule has 0 atom stereocenters. The van der Waals surface area contributed by atoms with Gasteiger partial charge in [-0.25, -0.2) is 4.79 Å². The summed E-state index contributed by atoms with van der Waals surface area (Å²) in [6.07, 6.45) is -0.361. The summed E-state index contributed by atoms with van der Waals surface area (Å²) < 4.78 is 6.44. The lowest BCUT2D eigenvalue weighted by atomic mass is 10.0. The minimum Gasteiger partial charge on any atom is -0.410 e. The van der Waals surface area contributed by atoms with Crippen LogP contribution in [0.1, 0.15) is 11.1 Å². The molecule has 0 bridgehead atoms. The maximum Gasteiger partial charge on any atom is 0.414 e. The van der Waals surface area contributed by atoms with E-state index in [-0.39, 0.29) is 6.09 Å². The van der Waals surface area contributed by atoms with Crippen molar-refractivity contribution in [1.29, 1.82) is 0 Å². The Morgan fingerprint density at radius 2 is 1.56 bits per heavy atom. The first kappa shape index (κ1) is 18.9. The van der Waals surface area contributed by atoms with E-state index < -0.39 is 0 Å². The second kappa shape index (κ2) is 7.80. The molecule has 0 aliphatic heterocycles. The maximum atomic E-state index is 12.2. The summed E-state index contributed by atoms with van der Waals surface area (Å²) in [5.74, 6) is 0.631. The van der Waals surface area contributed by atoms with Crippen LogP contribution < -0.4 is 4.74 Å². The number of carbonyl (C=O) groups is 1. The van der Waals surface area contributed by atoms with Gasteiger partial charge < -0.3 is 14.1 Å².